The lowest BCUT2D eigenvalue weighted by molar-refractivity contribution is 1.27. The van der Waals surface area contributed by atoms with Gasteiger partial charge < -0.3 is 22.5 Å². The molecule has 0 aliphatic heterocycles. The van der Waals surface area contributed by atoms with Gasteiger partial charge in [0, 0.05) is 0 Å². The number of nitrogens with two attached hydrogens (primary N) is 3. The predicted octanol–water partition coefficient (Wildman–Crippen LogP) is -0.458. The summed E-state index contributed by atoms with van der Waals surface area (Å²) in [5.74, 6) is 0. The van der Waals surface area contributed by atoms with Crippen molar-refractivity contribution in [2.24, 2.45) is 17.2 Å². The van der Waals surface area contributed by atoms with E-state index in [1.54, 1.807) is 6.20 Å². The van der Waals surface area contributed by atoms with Crippen LogP contribution in [0.5, 0.6) is 0 Å². The molecule has 0 amide bonds. The largest absolute Gasteiger partial charge is 0.377 e. The fraction of sp³-hybridized carbons (Fsp3) is 0.200. The highest BCUT2D eigenvalue weighted by Crippen LogP contribution is 1.60. The van der Waals surface area contributed by atoms with E-state index in [1.165, 1.54) is 0 Å². The molecule has 0 bridgehead atoms. The maximum atomic E-state index is 5.05. The first-order valence-corrected chi connectivity index (χ1v) is 3.54. The van der Waals surface area contributed by atoms with Crippen LogP contribution in [-0.2, 0) is 0 Å². The molecular formula is C5H12N4S2. The van der Waals surface area contributed by atoms with Crippen molar-refractivity contribution in [2.75, 3.05) is 0 Å². The second kappa shape index (κ2) is 9.12. The maximum absolute atomic E-state index is 5.05. The molecule has 11 heavy (non-hydrogen) atoms. The number of hydrogen-bond donors (Lipinski definition) is 4. The van der Waals surface area contributed by atoms with E-state index in [0.29, 0.717) is 5.11 Å². The molecule has 0 aromatic carbocycles. The molecule has 0 aromatic rings. The van der Waals surface area contributed by atoms with E-state index < -0.39 is 0 Å². The Morgan fingerprint density at radius 3 is 1.73 bits per heavy atom. The first kappa shape index (κ1) is 12.8. The normalized spacial score (nSPS) is 8.09. The van der Waals surface area contributed by atoms with Gasteiger partial charge in [-0.2, -0.15) is 0 Å². The van der Waals surface area contributed by atoms with Crippen LogP contribution >= 0.6 is 24.4 Å². The summed E-state index contributed by atoms with van der Waals surface area (Å²) in [5, 5.41) is 2.93. The fourth-order valence-electron chi connectivity index (χ4n) is 0.165. The molecule has 0 saturated heterocycles. The zero-order valence-electron chi connectivity index (χ0n) is 6.20. The summed E-state index contributed by atoms with van der Waals surface area (Å²) in [5.41, 5.74) is 14.3. The number of rotatable bonds is 1. The lowest BCUT2D eigenvalue weighted by atomic mass is 10.7. The predicted molar refractivity (Wildman–Crippen MR) is 55.7 cm³/mol. The average molecular weight is 192 g/mol. The van der Waals surface area contributed by atoms with Gasteiger partial charge in [0.1, 0.15) is 0 Å². The first-order chi connectivity index (χ1) is 5.00. The molecule has 0 atom stereocenters. The van der Waals surface area contributed by atoms with E-state index in [1.807, 2.05) is 13.0 Å². The molecule has 64 valence electrons. The topological polar surface area (TPSA) is 90.1 Å². The smallest absolute Gasteiger partial charge is 0.167 e. The third kappa shape index (κ3) is 47.5. The zero-order valence-corrected chi connectivity index (χ0v) is 7.84. The van der Waals surface area contributed by atoms with Gasteiger partial charge in [0.2, 0.25) is 0 Å². The highest BCUT2D eigenvalue weighted by Gasteiger charge is 1.71. The summed E-state index contributed by atoms with van der Waals surface area (Å²) in [6.45, 7) is 1.88. The summed E-state index contributed by atoms with van der Waals surface area (Å²) >= 11 is 8.57. The van der Waals surface area contributed by atoms with Crippen molar-refractivity contribution in [1.29, 1.82) is 0 Å². The third-order valence-corrected chi connectivity index (χ3v) is 0.510. The standard InChI is InChI=1S/C4H8N2S.CH4N2S/c1-2-3-6-4(5)7;2-1(3)4/h2-3H,1H3,(H3,5,6,7);(H4,2,3,4)/b3-2+;. The van der Waals surface area contributed by atoms with Crippen LogP contribution in [0.2, 0.25) is 0 Å². The van der Waals surface area contributed by atoms with Crippen molar-refractivity contribution >= 4 is 34.7 Å². The molecule has 0 saturated carbocycles. The van der Waals surface area contributed by atoms with Crippen LogP contribution in [0.4, 0.5) is 0 Å². The highest BCUT2D eigenvalue weighted by molar-refractivity contribution is 7.80. The average Bonchev–Trinajstić information content (AvgIpc) is 1.82. The van der Waals surface area contributed by atoms with Gasteiger partial charge in [-0.05, 0) is 37.6 Å². The molecule has 6 heteroatoms. The van der Waals surface area contributed by atoms with Crippen LogP contribution in [0.1, 0.15) is 6.92 Å². The van der Waals surface area contributed by atoms with Crippen molar-refractivity contribution in [1.82, 2.24) is 5.32 Å². The molecular weight excluding hydrogens is 180 g/mol. The minimum absolute atomic E-state index is 0.000000000000000222. The van der Waals surface area contributed by atoms with Crippen molar-refractivity contribution in [3.05, 3.63) is 12.3 Å². The molecule has 0 radical (unpaired) electrons. The summed E-state index contributed by atoms with van der Waals surface area (Å²) < 4.78 is 0. The van der Waals surface area contributed by atoms with Crippen molar-refractivity contribution in [3.8, 4) is 0 Å². The summed E-state index contributed by atoms with van der Waals surface area (Å²) in [6, 6.07) is 0. The van der Waals surface area contributed by atoms with Gasteiger partial charge in [-0.25, -0.2) is 0 Å². The molecule has 0 aliphatic rings. The van der Waals surface area contributed by atoms with E-state index in [0.717, 1.165) is 0 Å². The van der Waals surface area contributed by atoms with Crippen LogP contribution in [0, 0.1) is 0 Å². The van der Waals surface area contributed by atoms with E-state index in [9.17, 15) is 0 Å². The van der Waals surface area contributed by atoms with E-state index in [-0.39, 0.29) is 5.11 Å². The Bertz CT molecular complexity index is 151. The monoisotopic (exact) mass is 192 g/mol. The number of nitrogens with one attached hydrogen (secondary N) is 1. The Morgan fingerprint density at radius 2 is 1.64 bits per heavy atom. The van der Waals surface area contributed by atoms with Gasteiger partial charge >= 0.3 is 0 Å². The molecule has 4 nitrogen and oxygen atoms in total. The fourth-order valence-corrected chi connectivity index (χ4v) is 0.234. The Morgan fingerprint density at radius 1 is 1.27 bits per heavy atom. The lowest BCUT2D eigenvalue weighted by Crippen LogP contribution is -2.23. The van der Waals surface area contributed by atoms with Gasteiger partial charge in [0.15, 0.2) is 10.2 Å². The number of hydrogen-bond acceptors (Lipinski definition) is 2. The molecule has 0 rings (SSSR count). The molecule has 0 aliphatic carbocycles. The van der Waals surface area contributed by atoms with E-state index in [2.05, 4.69) is 41.2 Å². The van der Waals surface area contributed by atoms with Crippen molar-refractivity contribution in [2.45, 2.75) is 6.92 Å². The van der Waals surface area contributed by atoms with Gasteiger partial charge in [-0.15, -0.1) is 0 Å². The summed E-state index contributed by atoms with van der Waals surface area (Å²) in [6.07, 6.45) is 3.50. The molecule has 0 unspecified atom stereocenters. The Kier molecular flexibility index (Phi) is 10.6. The Labute approximate surface area is 76.8 Å². The summed E-state index contributed by atoms with van der Waals surface area (Å²) in [4.78, 5) is 0. The minimum Gasteiger partial charge on any atom is -0.377 e. The van der Waals surface area contributed by atoms with Crippen LogP contribution in [-0.4, -0.2) is 10.2 Å². The van der Waals surface area contributed by atoms with E-state index >= 15 is 0 Å². The third-order valence-electron chi connectivity index (χ3n) is 0.392. The molecule has 0 spiro atoms. The quantitative estimate of drug-likeness (QED) is 0.420. The number of thiocarbonyl (C=S) groups is 2. The lowest BCUT2D eigenvalue weighted by Gasteiger charge is -1.89. The van der Waals surface area contributed by atoms with Gasteiger partial charge in [0.05, 0.1) is 0 Å². The first-order valence-electron chi connectivity index (χ1n) is 2.72. The minimum atomic E-state index is 0.000000000000000222. The second-order valence-corrected chi connectivity index (χ2v) is 2.32. The van der Waals surface area contributed by atoms with Crippen LogP contribution in [0.25, 0.3) is 0 Å². The molecule has 7 N–H and O–H groups in total. The van der Waals surface area contributed by atoms with E-state index in [4.69, 9.17) is 5.73 Å². The van der Waals surface area contributed by atoms with Gasteiger partial charge in [-0.1, -0.05) is 6.08 Å². The Balaban J connectivity index is 0. The zero-order chi connectivity index (χ0) is 9.28. The van der Waals surface area contributed by atoms with Crippen LogP contribution < -0.4 is 22.5 Å². The molecule has 0 aromatic heterocycles. The highest BCUT2D eigenvalue weighted by atomic mass is 32.1. The number of allylic oxidation sites excluding steroid dienone is 1. The van der Waals surface area contributed by atoms with Gasteiger partial charge in [0.25, 0.3) is 0 Å². The van der Waals surface area contributed by atoms with Gasteiger partial charge in [-0.3, -0.25) is 0 Å². The van der Waals surface area contributed by atoms with Crippen molar-refractivity contribution in [3.63, 3.8) is 0 Å². The molecule has 0 fully saturated rings. The second-order valence-electron chi connectivity index (χ2n) is 1.41. The summed E-state index contributed by atoms with van der Waals surface area (Å²) in [7, 11) is 0. The molecule has 0 heterocycles. The van der Waals surface area contributed by atoms with Crippen LogP contribution in [0.15, 0.2) is 12.3 Å². The van der Waals surface area contributed by atoms with Crippen molar-refractivity contribution < 1.29 is 0 Å². The van der Waals surface area contributed by atoms with Crippen LogP contribution in [0.3, 0.4) is 0 Å². The Hall–Kier alpha value is -0.880. The SMILES string of the molecule is C/C=C/NC(N)=S.NC(N)=S. The maximum Gasteiger partial charge on any atom is 0.167 e.